The van der Waals surface area contributed by atoms with Crippen molar-refractivity contribution >= 4 is 20.2 Å². The molecule has 2 heterocycles. The number of nitrogens with zero attached hydrogens (tertiary/aromatic N) is 2. The molecule has 5 rings (SSSR count). The van der Waals surface area contributed by atoms with Crippen LogP contribution in [0.4, 0.5) is 0 Å². The average Bonchev–Trinajstić information content (AvgIpc) is 3.10. The lowest BCUT2D eigenvalue weighted by Crippen LogP contribution is -2.20. The second-order valence-electron chi connectivity index (χ2n) is 8.07. The summed E-state index contributed by atoms with van der Waals surface area (Å²) in [7, 11) is -9.00. The topological polar surface area (TPSA) is 178 Å². The van der Waals surface area contributed by atoms with Crippen LogP contribution in [0, 0.1) is 13.8 Å². The molecule has 0 aliphatic heterocycles. The zero-order valence-corrected chi connectivity index (χ0v) is 20.2. The lowest BCUT2D eigenvalue weighted by atomic mass is 9.86. The highest BCUT2D eigenvalue weighted by Crippen LogP contribution is 2.64. The molecule has 0 fully saturated rings. The number of aromatic hydroxyl groups is 4. The van der Waals surface area contributed by atoms with Crippen molar-refractivity contribution in [3.8, 4) is 45.8 Å². The summed E-state index contributed by atoms with van der Waals surface area (Å²) >= 11 is 0. The Bertz CT molecular complexity index is 1550. The van der Waals surface area contributed by atoms with E-state index in [1.54, 1.807) is 13.8 Å². The monoisotopic (exact) mass is 534 g/mol. The molecule has 1 aliphatic carbocycles. The Labute approximate surface area is 204 Å². The van der Waals surface area contributed by atoms with Crippen LogP contribution in [0.3, 0.4) is 0 Å². The van der Waals surface area contributed by atoms with Crippen LogP contribution in [0.1, 0.15) is 11.1 Å². The van der Waals surface area contributed by atoms with E-state index in [0.29, 0.717) is 0 Å². The van der Waals surface area contributed by atoms with E-state index >= 15 is 0 Å². The highest BCUT2D eigenvalue weighted by atomic mass is 32.2. The van der Waals surface area contributed by atoms with Crippen LogP contribution >= 0.6 is 0 Å². The molecule has 0 radical (unpaired) electrons. The Morgan fingerprint density at radius 2 is 0.778 bits per heavy atom. The highest BCUT2D eigenvalue weighted by Gasteiger charge is 2.46. The predicted octanol–water partition coefficient (Wildman–Crippen LogP) is 2.01. The van der Waals surface area contributed by atoms with Gasteiger partial charge in [0.2, 0.25) is 23.5 Å². The normalized spacial score (nSPS) is 12.5. The zero-order chi connectivity index (χ0) is 26.2. The van der Waals surface area contributed by atoms with Crippen molar-refractivity contribution < 1.29 is 45.8 Å². The fourth-order valence-corrected chi connectivity index (χ4v) is 5.56. The van der Waals surface area contributed by atoms with E-state index in [0.717, 1.165) is 11.1 Å². The van der Waals surface area contributed by atoms with Gasteiger partial charge in [0, 0.05) is 0 Å². The van der Waals surface area contributed by atoms with Crippen LogP contribution in [0.15, 0.2) is 58.3 Å². The quantitative estimate of drug-likeness (QED) is 0.252. The number of aryl methyl sites for hydroxylation is 2. The molecule has 1 aliphatic rings. The van der Waals surface area contributed by atoms with Crippen LogP contribution in [-0.4, -0.2) is 46.7 Å². The van der Waals surface area contributed by atoms with Crippen LogP contribution in [0.2, 0.25) is 0 Å². The lowest BCUT2D eigenvalue weighted by Gasteiger charge is -2.13. The van der Waals surface area contributed by atoms with Gasteiger partial charge in [0.05, 0.1) is 22.3 Å². The SMILES string of the molecule is Cc1ccc(S(=O)(=O)On2c(O)c3c(c2O)-c2c-3c(O)n(OS(=O)(=O)c3ccc(C)cc3)c2O)cc1. The Morgan fingerprint density at radius 3 is 1.03 bits per heavy atom. The largest absolute Gasteiger partial charge is 0.492 e. The summed E-state index contributed by atoms with van der Waals surface area (Å²) in [5, 5.41) is 42.3. The third-order valence-electron chi connectivity index (χ3n) is 5.63. The van der Waals surface area contributed by atoms with Crippen molar-refractivity contribution in [1.82, 2.24) is 9.46 Å². The summed E-state index contributed by atoms with van der Waals surface area (Å²) in [6.45, 7) is 3.50. The molecule has 4 N–H and O–H groups in total. The third-order valence-corrected chi connectivity index (χ3v) is 8.02. The first-order chi connectivity index (χ1) is 16.8. The Hall–Kier alpha value is -4.30. The number of benzene rings is 2. The number of hydrogen-bond acceptors (Lipinski definition) is 10. The molecule has 0 saturated carbocycles. The first-order valence-corrected chi connectivity index (χ1v) is 13.0. The molecule has 0 bridgehead atoms. The van der Waals surface area contributed by atoms with Crippen LogP contribution in [0.5, 0.6) is 23.5 Å². The standard InChI is InChI=1S/C22H18N2O10S2/c1-11-3-7-13(8-4-11)35(29,30)33-23-19(25)15-16(20(23)26)18-17(15)21(27)24(22(18)28)34-36(31,32)14-9-5-12(2)6-10-14/h3-10,25-28H,1-2H3. The average molecular weight is 535 g/mol. The molecule has 188 valence electrons. The van der Waals surface area contributed by atoms with Gasteiger partial charge in [-0.15, -0.1) is 0 Å². The van der Waals surface area contributed by atoms with Crippen molar-refractivity contribution in [1.29, 1.82) is 0 Å². The van der Waals surface area contributed by atoms with Crippen molar-refractivity contribution in [3.63, 3.8) is 0 Å². The first kappa shape index (κ1) is 23.4. The number of hydrogen-bond donors (Lipinski definition) is 4. The van der Waals surface area contributed by atoms with Crippen LogP contribution in [0.25, 0.3) is 22.3 Å². The minimum Gasteiger partial charge on any atom is -0.492 e. The Kier molecular flexibility index (Phi) is 4.95. The van der Waals surface area contributed by atoms with Gasteiger partial charge in [-0.2, -0.15) is 16.8 Å². The third kappa shape index (κ3) is 3.33. The summed E-state index contributed by atoms with van der Waals surface area (Å²) in [6, 6.07) is 11.2. The number of fused-ring (bicyclic) bond motifs is 4. The Balaban J connectivity index is 1.52. The minimum atomic E-state index is -4.50. The molecule has 0 atom stereocenters. The molecule has 2 aromatic carbocycles. The van der Waals surface area contributed by atoms with E-state index in [-0.39, 0.29) is 41.5 Å². The Morgan fingerprint density at radius 1 is 0.528 bits per heavy atom. The van der Waals surface area contributed by atoms with Gasteiger partial charge < -0.3 is 20.4 Å². The molecular weight excluding hydrogens is 516 g/mol. The molecule has 0 amide bonds. The summed E-state index contributed by atoms with van der Waals surface area (Å²) in [4.78, 5) is -0.513. The number of aromatic nitrogens is 2. The lowest BCUT2D eigenvalue weighted by molar-refractivity contribution is 0.201. The summed E-state index contributed by atoms with van der Waals surface area (Å²) < 4.78 is 60.7. The summed E-state index contributed by atoms with van der Waals surface area (Å²) in [5.74, 6) is -3.67. The maximum atomic E-state index is 12.6. The van der Waals surface area contributed by atoms with Crippen molar-refractivity contribution in [2.75, 3.05) is 0 Å². The van der Waals surface area contributed by atoms with E-state index in [1.807, 2.05) is 0 Å². The van der Waals surface area contributed by atoms with Crippen LogP contribution in [-0.2, 0) is 20.2 Å². The van der Waals surface area contributed by atoms with Crippen molar-refractivity contribution in [2.24, 2.45) is 0 Å². The van der Waals surface area contributed by atoms with E-state index < -0.39 is 43.8 Å². The first-order valence-electron chi connectivity index (χ1n) is 10.2. The van der Waals surface area contributed by atoms with Crippen molar-refractivity contribution in [2.45, 2.75) is 23.6 Å². The van der Waals surface area contributed by atoms with E-state index in [9.17, 15) is 37.3 Å². The molecule has 14 heteroatoms. The van der Waals surface area contributed by atoms with Gasteiger partial charge in [-0.25, -0.2) is 0 Å². The van der Waals surface area contributed by atoms with Gasteiger partial charge >= 0.3 is 20.2 Å². The second-order valence-corrected chi connectivity index (χ2v) is 11.1. The van der Waals surface area contributed by atoms with Gasteiger partial charge in [-0.3, -0.25) is 8.57 Å². The minimum absolute atomic E-state index is 0.215. The van der Waals surface area contributed by atoms with Crippen molar-refractivity contribution in [3.05, 3.63) is 59.7 Å². The maximum Gasteiger partial charge on any atom is 0.357 e. The van der Waals surface area contributed by atoms with E-state index in [2.05, 4.69) is 0 Å². The molecule has 36 heavy (non-hydrogen) atoms. The zero-order valence-electron chi connectivity index (χ0n) is 18.6. The van der Waals surface area contributed by atoms with Gasteiger partial charge in [0.15, 0.2) is 0 Å². The van der Waals surface area contributed by atoms with E-state index in [1.165, 1.54) is 48.5 Å². The summed E-state index contributed by atoms with van der Waals surface area (Å²) in [6.07, 6.45) is 0. The van der Waals surface area contributed by atoms with Gasteiger partial charge in [0.25, 0.3) is 0 Å². The smallest absolute Gasteiger partial charge is 0.357 e. The van der Waals surface area contributed by atoms with Gasteiger partial charge in [-0.05, 0) is 38.1 Å². The predicted molar refractivity (Wildman–Crippen MR) is 123 cm³/mol. The summed E-state index contributed by atoms with van der Waals surface area (Å²) in [5.41, 5.74) is 0.428. The maximum absolute atomic E-state index is 12.6. The number of rotatable bonds is 6. The second kappa shape index (κ2) is 7.60. The highest BCUT2D eigenvalue weighted by molar-refractivity contribution is 7.87. The molecular formula is C22H18N2O10S2. The van der Waals surface area contributed by atoms with Gasteiger partial charge in [-0.1, -0.05) is 44.9 Å². The molecule has 4 aromatic rings. The van der Waals surface area contributed by atoms with E-state index in [4.69, 9.17) is 8.57 Å². The van der Waals surface area contributed by atoms with Gasteiger partial charge in [0.1, 0.15) is 9.79 Å². The molecule has 0 spiro atoms. The van der Waals surface area contributed by atoms with Crippen LogP contribution < -0.4 is 8.57 Å². The fourth-order valence-electron chi connectivity index (χ4n) is 3.77. The molecule has 12 nitrogen and oxygen atoms in total. The molecule has 0 unspecified atom stereocenters. The molecule has 2 aromatic heterocycles. The molecule has 0 saturated heterocycles. The fraction of sp³-hybridized carbons (Fsp3) is 0.0909.